The SMILES string of the molecule is CC(CNC(=O)N[C@H](CC(=O)O)C(=O)O)N1CCCCC1. The van der Waals surface area contributed by atoms with Crippen molar-refractivity contribution in [2.75, 3.05) is 19.6 Å². The summed E-state index contributed by atoms with van der Waals surface area (Å²) >= 11 is 0. The van der Waals surface area contributed by atoms with Crippen molar-refractivity contribution in [3.8, 4) is 0 Å². The van der Waals surface area contributed by atoms with Gasteiger partial charge in [0.15, 0.2) is 0 Å². The molecule has 8 nitrogen and oxygen atoms in total. The Bertz CT molecular complexity index is 382. The number of rotatable bonds is 7. The molecule has 0 saturated carbocycles. The number of carboxylic acids is 2. The van der Waals surface area contributed by atoms with Gasteiger partial charge in [-0.15, -0.1) is 0 Å². The van der Waals surface area contributed by atoms with Crippen LogP contribution in [0, 0.1) is 0 Å². The van der Waals surface area contributed by atoms with Crippen LogP contribution < -0.4 is 10.6 Å². The standard InChI is InChI=1S/C13H23N3O5/c1-9(16-5-3-2-4-6-16)8-14-13(21)15-10(12(19)20)7-11(17)18/h9-10H,2-8H2,1H3,(H,17,18)(H,19,20)(H2,14,15,21)/t9?,10-/m1/s1. The zero-order valence-corrected chi connectivity index (χ0v) is 12.2. The molecule has 21 heavy (non-hydrogen) atoms. The van der Waals surface area contributed by atoms with E-state index in [1.807, 2.05) is 6.92 Å². The summed E-state index contributed by atoms with van der Waals surface area (Å²) in [5.41, 5.74) is 0. The van der Waals surface area contributed by atoms with Crippen LogP contribution in [0.15, 0.2) is 0 Å². The van der Waals surface area contributed by atoms with Gasteiger partial charge in [0.25, 0.3) is 0 Å². The van der Waals surface area contributed by atoms with E-state index in [1.165, 1.54) is 6.42 Å². The minimum absolute atomic E-state index is 0.166. The molecule has 0 aromatic heterocycles. The Morgan fingerprint density at radius 1 is 1.14 bits per heavy atom. The number of carboxylic acid groups (broad SMARTS) is 2. The van der Waals surface area contributed by atoms with Gasteiger partial charge in [0.1, 0.15) is 6.04 Å². The predicted octanol–water partition coefficient (Wildman–Crippen LogP) is 0.0879. The maximum atomic E-state index is 11.6. The van der Waals surface area contributed by atoms with E-state index in [4.69, 9.17) is 10.2 Å². The van der Waals surface area contributed by atoms with Gasteiger partial charge in [-0.25, -0.2) is 9.59 Å². The van der Waals surface area contributed by atoms with Crippen LogP contribution in [0.2, 0.25) is 0 Å². The Balaban J connectivity index is 2.34. The van der Waals surface area contributed by atoms with Crippen LogP contribution in [0.1, 0.15) is 32.6 Å². The van der Waals surface area contributed by atoms with Gasteiger partial charge in [0, 0.05) is 12.6 Å². The average Bonchev–Trinajstić information content (AvgIpc) is 2.44. The summed E-state index contributed by atoms with van der Waals surface area (Å²) in [7, 11) is 0. The number of nitrogens with zero attached hydrogens (tertiary/aromatic N) is 1. The Hall–Kier alpha value is -1.83. The molecular formula is C13H23N3O5. The number of likely N-dealkylation sites (tertiary alicyclic amines) is 1. The number of carbonyl (C=O) groups is 3. The van der Waals surface area contributed by atoms with Gasteiger partial charge in [0.05, 0.1) is 6.42 Å². The second-order valence-electron chi connectivity index (χ2n) is 5.29. The lowest BCUT2D eigenvalue weighted by Crippen LogP contribution is -2.50. The molecule has 8 heteroatoms. The summed E-state index contributed by atoms with van der Waals surface area (Å²) < 4.78 is 0. The molecule has 2 atom stereocenters. The smallest absolute Gasteiger partial charge is 0.326 e. The molecule has 1 heterocycles. The van der Waals surface area contributed by atoms with Crippen LogP contribution in [-0.4, -0.2) is 64.8 Å². The van der Waals surface area contributed by atoms with E-state index in [0.717, 1.165) is 25.9 Å². The summed E-state index contributed by atoms with van der Waals surface area (Å²) in [5, 5.41) is 22.2. The largest absolute Gasteiger partial charge is 0.481 e. The fourth-order valence-electron chi connectivity index (χ4n) is 2.31. The number of amides is 2. The summed E-state index contributed by atoms with van der Waals surface area (Å²) in [6.07, 6.45) is 2.88. The zero-order valence-electron chi connectivity index (χ0n) is 12.2. The number of carbonyl (C=O) groups excluding carboxylic acids is 1. The highest BCUT2D eigenvalue weighted by Gasteiger charge is 2.23. The summed E-state index contributed by atoms with van der Waals surface area (Å²) in [4.78, 5) is 35.3. The third-order valence-electron chi connectivity index (χ3n) is 3.55. The third kappa shape index (κ3) is 6.44. The van der Waals surface area contributed by atoms with Crippen LogP contribution >= 0.6 is 0 Å². The van der Waals surface area contributed by atoms with Crippen molar-refractivity contribution in [2.45, 2.75) is 44.7 Å². The number of hydrogen-bond acceptors (Lipinski definition) is 4. The molecule has 0 aliphatic carbocycles. The predicted molar refractivity (Wildman–Crippen MR) is 75.1 cm³/mol. The maximum Gasteiger partial charge on any atom is 0.326 e. The minimum atomic E-state index is -1.42. The molecule has 4 N–H and O–H groups in total. The third-order valence-corrected chi connectivity index (χ3v) is 3.55. The topological polar surface area (TPSA) is 119 Å². The Kier molecular flexibility index (Phi) is 6.93. The molecule has 1 fully saturated rings. The average molecular weight is 301 g/mol. The van der Waals surface area contributed by atoms with Crippen molar-refractivity contribution in [3.05, 3.63) is 0 Å². The molecule has 0 bridgehead atoms. The maximum absolute atomic E-state index is 11.6. The lowest BCUT2D eigenvalue weighted by molar-refractivity contribution is -0.145. The molecule has 0 aromatic rings. The number of piperidine rings is 1. The second kappa shape index (κ2) is 8.46. The minimum Gasteiger partial charge on any atom is -0.481 e. The first-order valence-electron chi connectivity index (χ1n) is 7.13. The van der Waals surface area contributed by atoms with E-state index < -0.39 is 30.4 Å². The first-order chi connectivity index (χ1) is 9.90. The molecule has 1 saturated heterocycles. The van der Waals surface area contributed by atoms with Crippen LogP contribution in [0.25, 0.3) is 0 Å². The van der Waals surface area contributed by atoms with E-state index in [0.29, 0.717) is 6.54 Å². The molecule has 1 aliphatic heterocycles. The highest BCUT2D eigenvalue weighted by molar-refractivity contribution is 5.86. The van der Waals surface area contributed by atoms with Gasteiger partial charge in [-0.3, -0.25) is 9.69 Å². The number of hydrogen-bond donors (Lipinski definition) is 4. The van der Waals surface area contributed by atoms with Gasteiger partial charge >= 0.3 is 18.0 Å². The van der Waals surface area contributed by atoms with E-state index in [2.05, 4.69) is 15.5 Å². The van der Waals surface area contributed by atoms with E-state index in [9.17, 15) is 14.4 Å². The molecule has 0 spiro atoms. The van der Waals surface area contributed by atoms with Crippen molar-refractivity contribution in [1.29, 1.82) is 0 Å². The molecular weight excluding hydrogens is 278 g/mol. The van der Waals surface area contributed by atoms with Gasteiger partial charge in [-0.2, -0.15) is 0 Å². The molecule has 2 amide bonds. The van der Waals surface area contributed by atoms with Gasteiger partial charge < -0.3 is 20.8 Å². The normalized spacial score (nSPS) is 18.5. The van der Waals surface area contributed by atoms with E-state index >= 15 is 0 Å². The first kappa shape index (κ1) is 17.2. The molecule has 1 unspecified atom stereocenters. The highest BCUT2D eigenvalue weighted by Crippen LogP contribution is 2.11. The van der Waals surface area contributed by atoms with Crippen LogP contribution in [0.3, 0.4) is 0 Å². The van der Waals surface area contributed by atoms with Crippen molar-refractivity contribution in [2.24, 2.45) is 0 Å². The molecule has 0 aromatic carbocycles. The van der Waals surface area contributed by atoms with Crippen LogP contribution in [0.4, 0.5) is 4.79 Å². The quantitative estimate of drug-likeness (QED) is 0.529. The van der Waals surface area contributed by atoms with Crippen molar-refractivity contribution >= 4 is 18.0 Å². The molecule has 0 radical (unpaired) electrons. The van der Waals surface area contributed by atoms with Crippen molar-refractivity contribution in [1.82, 2.24) is 15.5 Å². The molecule has 120 valence electrons. The van der Waals surface area contributed by atoms with E-state index in [1.54, 1.807) is 0 Å². The Morgan fingerprint density at radius 2 is 1.76 bits per heavy atom. The molecule has 1 rings (SSSR count). The van der Waals surface area contributed by atoms with Gasteiger partial charge in [-0.1, -0.05) is 6.42 Å². The summed E-state index contributed by atoms with van der Waals surface area (Å²) in [6.45, 7) is 4.39. The van der Waals surface area contributed by atoms with Crippen LogP contribution in [-0.2, 0) is 9.59 Å². The van der Waals surface area contributed by atoms with Crippen molar-refractivity contribution in [3.63, 3.8) is 0 Å². The van der Waals surface area contributed by atoms with Crippen LogP contribution in [0.5, 0.6) is 0 Å². The number of aliphatic carboxylic acids is 2. The summed E-state index contributed by atoms with van der Waals surface area (Å²) in [5.74, 6) is -2.64. The zero-order chi connectivity index (χ0) is 15.8. The highest BCUT2D eigenvalue weighted by atomic mass is 16.4. The van der Waals surface area contributed by atoms with Gasteiger partial charge in [0.2, 0.25) is 0 Å². The lowest BCUT2D eigenvalue weighted by Gasteiger charge is -2.32. The van der Waals surface area contributed by atoms with E-state index in [-0.39, 0.29) is 6.04 Å². The second-order valence-corrected chi connectivity index (χ2v) is 5.29. The Labute approximate surface area is 123 Å². The van der Waals surface area contributed by atoms with Gasteiger partial charge in [-0.05, 0) is 32.9 Å². The first-order valence-corrected chi connectivity index (χ1v) is 7.13. The monoisotopic (exact) mass is 301 g/mol. The number of urea groups is 1. The number of nitrogens with one attached hydrogen (secondary N) is 2. The van der Waals surface area contributed by atoms with Crippen molar-refractivity contribution < 1.29 is 24.6 Å². The Morgan fingerprint density at radius 3 is 2.29 bits per heavy atom. The fourth-order valence-corrected chi connectivity index (χ4v) is 2.31. The summed E-state index contributed by atoms with van der Waals surface area (Å²) in [6, 6.07) is -1.92. The lowest BCUT2D eigenvalue weighted by atomic mass is 10.1. The molecule has 1 aliphatic rings. The fraction of sp³-hybridized carbons (Fsp3) is 0.769.